The van der Waals surface area contributed by atoms with Crippen molar-refractivity contribution in [3.8, 4) is 5.75 Å². The molecule has 4 rings (SSSR count). The molecule has 166 valence electrons. The molecule has 0 radical (unpaired) electrons. The van der Waals surface area contributed by atoms with Crippen LogP contribution in [0.2, 0.25) is 0 Å². The molecule has 2 atom stereocenters. The minimum atomic E-state index is -0.991. The molecule has 31 heavy (non-hydrogen) atoms. The largest absolute Gasteiger partial charge is 0.497 e. The van der Waals surface area contributed by atoms with Crippen LogP contribution in [0.25, 0.3) is 0 Å². The van der Waals surface area contributed by atoms with Crippen LogP contribution in [-0.4, -0.2) is 61.7 Å². The highest BCUT2D eigenvalue weighted by molar-refractivity contribution is 5.89. The molecular formula is C26H34N2O3. The number of benzene rings is 2. The van der Waals surface area contributed by atoms with Gasteiger partial charge < -0.3 is 19.6 Å². The molecule has 1 aliphatic heterocycles. The highest BCUT2D eigenvalue weighted by Crippen LogP contribution is 2.47. The summed E-state index contributed by atoms with van der Waals surface area (Å²) in [6.07, 6.45) is 3.42. The molecule has 0 aromatic heterocycles. The third-order valence-electron chi connectivity index (χ3n) is 7.26. The minimum absolute atomic E-state index is 0.0831. The summed E-state index contributed by atoms with van der Waals surface area (Å²) in [4.78, 5) is 17.9. The van der Waals surface area contributed by atoms with Crippen LogP contribution < -0.4 is 4.74 Å². The molecule has 5 nitrogen and oxygen atoms in total. The zero-order valence-corrected chi connectivity index (χ0v) is 18.9. The maximum absolute atomic E-state index is 13.8. The Labute approximate surface area is 185 Å². The molecule has 2 aliphatic rings. The number of nitrogens with zero attached hydrogens (tertiary/aromatic N) is 2. The van der Waals surface area contributed by atoms with Crippen LogP contribution in [0.4, 0.5) is 0 Å². The van der Waals surface area contributed by atoms with E-state index in [4.69, 9.17) is 4.74 Å². The fraction of sp³-hybridized carbons (Fsp3) is 0.500. The average molecular weight is 423 g/mol. The first-order valence-corrected chi connectivity index (χ1v) is 11.3. The summed E-state index contributed by atoms with van der Waals surface area (Å²) in [6, 6.07) is 17.9. The van der Waals surface area contributed by atoms with Crippen molar-refractivity contribution in [1.82, 2.24) is 9.80 Å². The van der Waals surface area contributed by atoms with E-state index in [2.05, 4.69) is 17.0 Å². The van der Waals surface area contributed by atoms with Gasteiger partial charge >= 0.3 is 0 Å². The Balaban J connectivity index is 1.61. The van der Waals surface area contributed by atoms with Crippen molar-refractivity contribution in [2.75, 3.05) is 40.8 Å². The van der Waals surface area contributed by atoms with Crippen molar-refractivity contribution >= 4 is 5.91 Å². The van der Waals surface area contributed by atoms with E-state index < -0.39 is 11.0 Å². The Morgan fingerprint density at radius 1 is 1.10 bits per heavy atom. The summed E-state index contributed by atoms with van der Waals surface area (Å²) >= 11 is 0. The molecule has 0 spiro atoms. The standard InChI is InChI=1S/C26H34N2O3/c1-27(2)18-22-19-28(16-15-26(22,30)21-11-7-12-23(17-21)31-3)24(29)25(13-8-14-25)20-9-5-4-6-10-20/h4-7,9-12,17,22,30H,8,13-16,18-19H2,1-3H3. The van der Waals surface area contributed by atoms with Gasteiger partial charge in [0.2, 0.25) is 5.91 Å². The lowest BCUT2D eigenvalue weighted by atomic mass is 9.63. The van der Waals surface area contributed by atoms with Crippen LogP contribution >= 0.6 is 0 Å². The van der Waals surface area contributed by atoms with Gasteiger partial charge in [0.25, 0.3) is 0 Å². The van der Waals surface area contributed by atoms with Crippen LogP contribution in [0.15, 0.2) is 54.6 Å². The van der Waals surface area contributed by atoms with Crippen LogP contribution in [-0.2, 0) is 15.8 Å². The topological polar surface area (TPSA) is 53.0 Å². The zero-order chi connectivity index (χ0) is 22.1. The van der Waals surface area contributed by atoms with Crippen molar-refractivity contribution in [2.45, 2.75) is 36.7 Å². The Morgan fingerprint density at radius 2 is 1.81 bits per heavy atom. The van der Waals surface area contributed by atoms with E-state index >= 15 is 0 Å². The van der Waals surface area contributed by atoms with Gasteiger partial charge in [-0.3, -0.25) is 4.79 Å². The number of methoxy groups -OCH3 is 1. The number of amides is 1. The Bertz CT molecular complexity index is 910. The fourth-order valence-electron chi connectivity index (χ4n) is 5.34. The van der Waals surface area contributed by atoms with Crippen molar-refractivity contribution in [1.29, 1.82) is 0 Å². The van der Waals surface area contributed by atoms with Gasteiger partial charge in [-0.15, -0.1) is 0 Å². The SMILES string of the molecule is COc1cccc(C2(O)CCN(C(=O)C3(c4ccccc4)CCC3)CC2CN(C)C)c1. The van der Waals surface area contributed by atoms with Crippen LogP contribution in [0.1, 0.15) is 36.8 Å². The Hall–Kier alpha value is -2.37. The molecule has 2 aromatic rings. The van der Waals surface area contributed by atoms with Gasteiger partial charge in [0.05, 0.1) is 18.1 Å². The van der Waals surface area contributed by atoms with E-state index in [0.717, 1.165) is 36.1 Å². The zero-order valence-electron chi connectivity index (χ0n) is 18.9. The van der Waals surface area contributed by atoms with Gasteiger partial charge in [-0.25, -0.2) is 0 Å². The summed E-state index contributed by atoms with van der Waals surface area (Å²) in [5.74, 6) is 0.882. The third-order valence-corrected chi connectivity index (χ3v) is 7.26. The van der Waals surface area contributed by atoms with E-state index in [1.807, 2.05) is 61.5 Å². The number of piperidine rings is 1. The summed E-state index contributed by atoms with van der Waals surface area (Å²) in [5, 5.41) is 11.8. The van der Waals surface area contributed by atoms with Gasteiger partial charge in [0, 0.05) is 25.6 Å². The van der Waals surface area contributed by atoms with Gasteiger partial charge in [-0.2, -0.15) is 0 Å². The fourth-order valence-corrected chi connectivity index (χ4v) is 5.34. The molecule has 0 bridgehead atoms. The van der Waals surface area contributed by atoms with Crippen LogP contribution in [0.3, 0.4) is 0 Å². The number of carbonyl (C=O) groups excluding carboxylic acids is 1. The predicted molar refractivity (Wildman–Crippen MR) is 122 cm³/mol. The van der Waals surface area contributed by atoms with Gasteiger partial charge in [0.15, 0.2) is 0 Å². The summed E-state index contributed by atoms with van der Waals surface area (Å²) in [7, 11) is 5.68. The molecule has 1 saturated carbocycles. The molecule has 1 N–H and O–H groups in total. The molecule has 1 amide bonds. The number of likely N-dealkylation sites (tertiary alicyclic amines) is 1. The second-order valence-electron chi connectivity index (χ2n) is 9.42. The lowest BCUT2D eigenvalue weighted by Gasteiger charge is -2.50. The van der Waals surface area contributed by atoms with Gasteiger partial charge in [0.1, 0.15) is 5.75 Å². The number of hydrogen-bond donors (Lipinski definition) is 1. The molecule has 2 fully saturated rings. The average Bonchev–Trinajstić information content (AvgIpc) is 2.75. The Morgan fingerprint density at radius 3 is 2.42 bits per heavy atom. The quantitative estimate of drug-likeness (QED) is 0.775. The molecule has 2 aromatic carbocycles. The maximum atomic E-state index is 13.8. The summed E-state index contributed by atoms with van der Waals surface area (Å²) in [5.41, 5.74) is 0.612. The number of hydrogen-bond acceptors (Lipinski definition) is 4. The molecule has 5 heteroatoms. The van der Waals surface area contributed by atoms with Crippen LogP contribution in [0.5, 0.6) is 5.75 Å². The van der Waals surface area contributed by atoms with E-state index in [9.17, 15) is 9.90 Å². The second-order valence-corrected chi connectivity index (χ2v) is 9.42. The molecule has 1 aliphatic carbocycles. The van der Waals surface area contributed by atoms with Gasteiger partial charge in [-0.1, -0.05) is 48.9 Å². The number of carbonyl (C=O) groups is 1. The molecule has 2 unspecified atom stereocenters. The monoisotopic (exact) mass is 422 g/mol. The smallest absolute Gasteiger partial charge is 0.233 e. The molecule has 1 saturated heterocycles. The first-order chi connectivity index (χ1) is 14.9. The highest BCUT2D eigenvalue weighted by Gasteiger charge is 2.51. The lowest BCUT2D eigenvalue weighted by molar-refractivity contribution is -0.151. The minimum Gasteiger partial charge on any atom is -0.497 e. The number of rotatable bonds is 6. The third kappa shape index (κ3) is 3.97. The van der Waals surface area contributed by atoms with Crippen molar-refractivity contribution in [2.24, 2.45) is 5.92 Å². The van der Waals surface area contributed by atoms with Crippen LogP contribution in [0, 0.1) is 5.92 Å². The summed E-state index contributed by atoms with van der Waals surface area (Å²) in [6.45, 7) is 1.82. The van der Waals surface area contributed by atoms with Gasteiger partial charge in [-0.05, 0) is 56.6 Å². The molecular weight excluding hydrogens is 388 g/mol. The lowest BCUT2D eigenvalue weighted by Crippen LogP contribution is -2.59. The normalized spacial score (nSPS) is 25.2. The van der Waals surface area contributed by atoms with Crippen molar-refractivity contribution in [3.63, 3.8) is 0 Å². The van der Waals surface area contributed by atoms with E-state index in [-0.39, 0.29) is 11.8 Å². The van der Waals surface area contributed by atoms with Crippen molar-refractivity contribution < 1.29 is 14.6 Å². The second kappa shape index (κ2) is 8.64. The van der Waals surface area contributed by atoms with Crippen molar-refractivity contribution in [3.05, 3.63) is 65.7 Å². The molecule has 1 heterocycles. The van der Waals surface area contributed by atoms with E-state index in [0.29, 0.717) is 26.1 Å². The first kappa shape index (κ1) is 21.8. The number of ether oxygens (including phenoxy) is 1. The Kier molecular flexibility index (Phi) is 6.09. The highest BCUT2D eigenvalue weighted by atomic mass is 16.5. The van der Waals surface area contributed by atoms with E-state index in [1.54, 1.807) is 7.11 Å². The summed E-state index contributed by atoms with van der Waals surface area (Å²) < 4.78 is 5.40. The van der Waals surface area contributed by atoms with E-state index in [1.165, 1.54) is 0 Å². The first-order valence-electron chi connectivity index (χ1n) is 11.3. The predicted octanol–water partition coefficient (Wildman–Crippen LogP) is 3.41. The maximum Gasteiger partial charge on any atom is 0.233 e. The number of aliphatic hydroxyl groups is 1.